The van der Waals surface area contributed by atoms with Crippen LogP contribution in [0.2, 0.25) is 0 Å². The lowest BCUT2D eigenvalue weighted by Gasteiger charge is -2.25. The summed E-state index contributed by atoms with van der Waals surface area (Å²) in [6, 6.07) is 6.10. The van der Waals surface area contributed by atoms with Crippen LogP contribution in [0.4, 0.5) is 4.39 Å². The highest BCUT2D eigenvalue weighted by atomic mass is 35.5. The predicted octanol–water partition coefficient (Wildman–Crippen LogP) is 2.59. The molecule has 0 saturated heterocycles. The van der Waals surface area contributed by atoms with E-state index >= 15 is 0 Å². The zero-order valence-corrected chi connectivity index (χ0v) is 12.8. The molecule has 5 heteroatoms. The van der Waals surface area contributed by atoms with Crippen LogP contribution in [-0.2, 0) is 4.79 Å². The molecule has 0 spiro atoms. The van der Waals surface area contributed by atoms with Gasteiger partial charge in [0.1, 0.15) is 5.82 Å². The number of amides is 1. The van der Waals surface area contributed by atoms with Crippen molar-refractivity contribution in [1.29, 1.82) is 0 Å². The summed E-state index contributed by atoms with van der Waals surface area (Å²) < 4.78 is 13.1. The maximum absolute atomic E-state index is 13.1. The van der Waals surface area contributed by atoms with E-state index < -0.39 is 6.04 Å². The minimum atomic E-state index is -0.527. The molecular weight excluding hydrogens is 279 g/mol. The van der Waals surface area contributed by atoms with Crippen LogP contribution in [0.1, 0.15) is 38.7 Å². The summed E-state index contributed by atoms with van der Waals surface area (Å²) in [4.78, 5) is 12.0. The third-order valence-corrected chi connectivity index (χ3v) is 3.61. The van der Waals surface area contributed by atoms with E-state index in [1.54, 1.807) is 6.07 Å². The van der Waals surface area contributed by atoms with Gasteiger partial charge in [-0.15, -0.1) is 12.4 Å². The molecule has 1 amide bonds. The Bertz CT molecular complexity index is 487. The fraction of sp³-hybridized carbons (Fsp3) is 0.533. The first-order valence-corrected chi connectivity index (χ1v) is 6.60. The average Bonchev–Trinajstić information content (AvgIpc) is 3.06. The molecule has 3 atom stereocenters. The first-order chi connectivity index (χ1) is 8.79. The summed E-state index contributed by atoms with van der Waals surface area (Å²) in [5, 5.41) is 2.94. The predicted molar refractivity (Wildman–Crippen MR) is 80.4 cm³/mol. The lowest BCUT2D eigenvalue weighted by atomic mass is 9.87. The Morgan fingerprint density at radius 2 is 2.10 bits per heavy atom. The molecule has 1 aromatic rings. The molecular formula is C15H22ClFN2O. The van der Waals surface area contributed by atoms with Gasteiger partial charge in [-0.2, -0.15) is 0 Å². The van der Waals surface area contributed by atoms with Crippen molar-refractivity contribution < 1.29 is 9.18 Å². The van der Waals surface area contributed by atoms with Crippen LogP contribution in [0.3, 0.4) is 0 Å². The number of hydrogen-bond acceptors (Lipinski definition) is 2. The number of hydrogen-bond donors (Lipinski definition) is 2. The Morgan fingerprint density at radius 3 is 2.65 bits per heavy atom. The second-order valence-corrected chi connectivity index (χ2v) is 6.36. The van der Waals surface area contributed by atoms with E-state index in [1.165, 1.54) is 12.1 Å². The van der Waals surface area contributed by atoms with Crippen molar-refractivity contribution in [3.8, 4) is 0 Å². The van der Waals surface area contributed by atoms with Crippen LogP contribution in [0, 0.1) is 11.2 Å². The number of carbonyl (C=O) groups excluding carboxylic acids is 1. The van der Waals surface area contributed by atoms with E-state index in [0.717, 1.165) is 12.0 Å². The average molecular weight is 301 g/mol. The Hall–Kier alpha value is -1.13. The maximum atomic E-state index is 13.1. The molecule has 1 saturated carbocycles. The van der Waals surface area contributed by atoms with Gasteiger partial charge in [0.25, 0.3) is 0 Å². The molecule has 20 heavy (non-hydrogen) atoms. The van der Waals surface area contributed by atoms with E-state index in [-0.39, 0.29) is 41.5 Å². The molecule has 1 aliphatic rings. The topological polar surface area (TPSA) is 55.1 Å². The monoisotopic (exact) mass is 300 g/mol. The van der Waals surface area contributed by atoms with Gasteiger partial charge in [-0.25, -0.2) is 4.39 Å². The van der Waals surface area contributed by atoms with Gasteiger partial charge in [0, 0.05) is 12.0 Å². The van der Waals surface area contributed by atoms with Crippen LogP contribution in [0.5, 0.6) is 0 Å². The van der Waals surface area contributed by atoms with Gasteiger partial charge in [-0.3, -0.25) is 4.79 Å². The first kappa shape index (κ1) is 16.9. The van der Waals surface area contributed by atoms with Gasteiger partial charge < -0.3 is 11.1 Å². The smallest absolute Gasteiger partial charge is 0.237 e. The molecule has 1 aliphatic carbocycles. The lowest BCUT2D eigenvalue weighted by Crippen LogP contribution is -2.49. The largest absolute Gasteiger partial charge is 0.351 e. The quantitative estimate of drug-likeness (QED) is 0.901. The zero-order valence-electron chi connectivity index (χ0n) is 12.0. The standard InChI is InChI=1S/C15H21FN2O.ClH/c1-15(2,3)13(17)14(19)18-12-8-11(12)9-5-4-6-10(16)7-9;/h4-7,11-13H,8,17H2,1-3H3,(H,18,19);1H/t11?,12?,13-;/m1./s1. The van der Waals surface area contributed by atoms with Crippen molar-refractivity contribution in [2.45, 2.75) is 45.2 Å². The molecule has 0 heterocycles. The van der Waals surface area contributed by atoms with Crippen LogP contribution in [-0.4, -0.2) is 18.0 Å². The summed E-state index contributed by atoms with van der Waals surface area (Å²) >= 11 is 0. The molecule has 3 nitrogen and oxygen atoms in total. The first-order valence-electron chi connectivity index (χ1n) is 6.60. The number of halogens is 2. The molecule has 0 aliphatic heterocycles. The van der Waals surface area contributed by atoms with Gasteiger partial charge in [0.15, 0.2) is 0 Å². The normalized spacial score (nSPS) is 22.6. The third kappa shape index (κ3) is 3.93. The second kappa shape index (κ2) is 6.10. The van der Waals surface area contributed by atoms with Crippen molar-refractivity contribution >= 4 is 18.3 Å². The minimum Gasteiger partial charge on any atom is -0.351 e. The van der Waals surface area contributed by atoms with Gasteiger partial charge in [0.05, 0.1) is 6.04 Å². The van der Waals surface area contributed by atoms with Crippen LogP contribution < -0.4 is 11.1 Å². The van der Waals surface area contributed by atoms with Gasteiger partial charge in [-0.1, -0.05) is 32.9 Å². The van der Waals surface area contributed by atoms with E-state index in [9.17, 15) is 9.18 Å². The molecule has 2 rings (SSSR count). The number of carbonyl (C=O) groups is 1. The van der Waals surface area contributed by atoms with Crippen LogP contribution >= 0.6 is 12.4 Å². The summed E-state index contributed by atoms with van der Waals surface area (Å²) in [7, 11) is 0. The van der Waals surface area contributed by atoms with Crippen molar-refractivity contribution in [3.05, 3.63) is 35.6 Å². The summed E-state index contributed by atoms with van der Waals surface area (Å²) in [6.07, 6.45) is 0.853. The highest BCUT2D eigenvalue weighted by Crippen LogP contribution is 2.41. The van der Waals surface area contributed by atoms with Crippen LogP contribution in [0.15, 0.2) is 24.3 Å². The number of rotatable bonds is 3. The number of nitrogens with two attached hydrogens (primary N) is 1. The molecule has 0 radical (unpaired) electrons. The summed E-state index contributed by atoms with van der Waals surface area (Å²) in [5.74, 6) is -0.149. The highest BCUT2D eigenvalue weighted by Gasteiger charge is 2.41. The Morgan fingerprint density at radius 1 is 1.45 bits per heavy atom. The van der Waals surface area contributed by atoms with Crippen molar-refractivity contribution in [3.63, 3.8) is 0 Å². The molecule has 0 aromatic heterocycles. The maximum Gasteiger partial charge on any atom is 0.237 e. The van der Waals surface area contributed by atoms with E-state index in [0.29, 0.717) is 0 Å². The Kier molecular flexibility index (Phi) is 5.16. The van der Waals surface area contributed by atoms with Crippen LogP contribution in [0.25, 0.3) is 0 Å². The van der Waals surface area contributed by atoms with E-state index in [4.69, 9.17) is 5.73 Å². The van der Waals surface area contributed by atoms with Crippen molar-refractivity contribution in [1.82, 2.24) is 5.32 Å². The third-order valence-electron chi connectivity index (χ3n) is 3.61. The zero-order chi connectivity index (χ0) is 14.2. The van der Waals surface area contributed by atoms with E-state index in [2.05, 4.69) is 5.32 Å². The fourth-order valence-corrected chi connectivity index (χ4v) is 2.13. The molecule has 1 aromatic carbocycles. The highest BCUT2D eigenvalue weighted by molar-refractivity contribution is 5.85. The molecule has 112 valence electrons. The summed E-state index contributed by atoms with van der Waals surface area (Å²) in [5.41, 5.74) is 6.59. The van der Waals surface area contributed by atoms with Gasteiger partial charge >= 0.3 is 0 Å². The molecule has 1 fully saturated rings. The van der Waals surface area contributed by atoms with Gasteiger partial charge in [0.2, 0.25) is 5.91 Å². The van der Waals surface area contributed by atoms with E-state index in [1.807, 2.05) is 26.8 Å². The SMILES string of the molecule is CC(C)(C)[C@H](N)C(=O)NC1CC1c1cccc(F)c1.Cl. The summed E-state index contributed by atoms with van der Waals surface area (Å²) in [6.45, 7) is 5.82. The fourth-order valence-electron chi connectivity index (χ4n) is 2.13. The number of nitrogens with one attached hydrogen (secondary N) is 1. The molecule has 0 bridgehead atoms. The number of benzene rings is 1. The molecule has 3 N–H and O–H groups in total. The second-order valence-electron chi connectivity index (χ2n) is 6.36. The van der Waals surface area contributed by atoms with Crippen molar-refractivity contribution in [2.75, 3.05) is 0 Å². The Balaban J connectivity index is 0.00000200. The Labute approximate surface area is 125 Å². The minimum absolute atomic E-state index is 0. The lowest BCUT2D eigenvalue weighted by molar-refractivity contribution is -0.124. The molecule has 2 unspecified atom stereocenters. The van der Waals surface area contributed by atoms with Gasteiger partial charge in [-0.05, 0) is 29.5 Å². The van der Waals surface area contributed by atoms with Crippen molar-refractivity contribution in [2.24, 2.45) is 11.1 Å².